The lowest BCUT2D eigenvalue weighted by Crippen LogP contribution is -2.13. The molecule has 0 amide bonds. The van der Waals surface area contributed by atoms with Crippen LogP contribution in [-0.4, -0.2) is 12.1 Å². The molecule has 0 aliphatic carbocycles. The number of hydrogen-bond donors (Lipinski definition) is 1. The topological polar surface area (TPSA) is 48.1 Å². The third-order valence-corrected chi connectivity index (χ3v) is 3.80. The van der Waals surface area contributed by atoms with Gasteiger partial charge in [0.1, 0.15) is 5.75 Å². The molecule has 1 atom stereocenters. The molecule has 1 aromatic heterocycles. The number of pyridine rings is 1. The van der Waals surface area contributed by atoms with E-state index in [1.54, 1.807) is 7.11 Å². The lowest BCUT2D eigenvalue weighted by atomic mass is 9.95. The summed E-state index contributed by atoms with van der Waals surface area (Å²) in [5.41, 5.74) is 11.1. The van der Waals surface area contributed by atoms with Gasteiger partial charge in [0.25, 0.3) is 0 Å². The van der Waals surface area contributed by atoms with E-state index in [2.05, 4.69) is 31.0 Å². The summed E-state index contributed by atoms with van der Waals surface area (Å²) in [6, 6.07) is 8.24. The predicted molar refractivity (Wildman–Crippen MR) is 82.0 cm³/mol. The first kappa shape index (κ1) is 14.5. The van der Waals surface area contributed by atoms with Crippen LogP contribution < -0.4 is 10.5 Å². The number of ether oxygens (including phenoxy) is 1. The van der Waals surface area contributed by atoms with E-state index in [1.165, 1.54) is 16.7 Å². The summed E-state index contributed by atoms with van der Waals surface area (Å²) in [4.78, 5) is 4.03. The SMILES string of the molecule is COc1c(C(N)CCc2ccncc2)ccc(C)c1C. The van der Waals surface area contributed by atoms with Crippen molar-refractivity contribution >= 4 is 0 Å². The van der Waals surface area contributed by atoms with Gasteiger partial charge in [0, 0.05) is 24.0 Å². The zero-order valence-electron chi connectivity index (χ0n) is 12.4. The summed E-state index contributed by atoms with van der Waals surface area (Å²) >= 11 is 0. The summed E-state index contributed by atoms with van der Waals surface area (Å²) < 4.78 is 5.54. The summed E-state index contributed by atoms with van der Waals surface area (Å²) in [5, 5.41) is 0. The fourth-order valence-corrected chi connectivity index (χ4v) is 2.40. The number of aryl methyl sites for hydroxylation is 2. The highest BCUT2D eigenvalue weighted by Crippen LogP contribution is 2.31. The Bertz CT molecular complexity index is 567. The molecule has 1 aromatic carbocycles. The summed E-state index contributed by atoms with van der Waals surface area (Å²) in [7, 11) is 1.71. The number of nitrogens with two attached hydrogens (primary N) is 1. The van der Waals surface area contributed by atoms with Gasteiger partial charge >= 0.3 is 0 Å². The summed E-state index contributed by atoms with van der Waals surface area (Å²) in [6.45, 7) is 4.16. The van der Waals surface area contributed by atoms with Crippen LogP contribution in [0.1, 0.15) is 34.7 Å². The van der Waals surface area contributed by atoms with Crippen LogP contribution in [0.5, 0.6) is 5.75 Å². The van der Waals surface area contributed by atoms with Crippen LogP contribution in [-0.2, 0) is 6.42 Å². The molecule has 3 heteroatoms. The van der Waals surface area contributed by atoms with E-state index < -0.39 is 0 Å². The van der Waals surface area contributed by atoms with Gasteiger partial charge in [-0.25, -0.2) is 0 Å². The van der Waals surface area contributed by atoms with Gasteiger partial charge < -0.3 is 10.5 Å². The van der Waals surface area contributed by atoms with Crippen molar-refractivity contribution in [2.75, 3.05) is 7.11 Å². The van der Waals surface area contributed by atoms with E-state index in [0.29, 0.717) is 0 Å². The molecule has 0 bridgehead atoms. The lowest BCUT2D eigenvalue weighted by molar-refractivity contribution is 0.400. The monoisotopic (exact) mass is 270 g/mol. The highest BCUT2D eigenvalue weighted by atomic mass is 16.5. The molecule has 0 saturated carbocycles. The van der Waals surface area contributed by atoms with E-state index in [1.807, 2.05) is 24.5 Å². The van der Waals surface area contributed by atoms with Crippen molar-refractivity contribution in [2.45, 2.75) is 32.7 Å². The number of hydrogen-bond acceptors (Lipinski definition) is 3. The van der Waals surface area contributed by atoms with Gasteiger partial charge in [-0.05, 0) is 55.5 Å². The zero-order valence-corrected chi connectivity index (χ0v) is 12.4. The van der Waals surface area contributed by atoms with Crippen molar-refractivity contribution in [1.82, 2.24) is 4.98 Å². The van der Waals surface area contributed by atoms with Gasteiger partial charge in [0.2, 0.25) is 0 Å². The fraction of sp³-hybridized carbons (Fsp3) is 0.353. The van der Waals surface area contributed by atoms with E-state index in [0.717, 1.165) is 24.2 Å². The van der Waals surface area contributed by atoms with Crippen LogP contribution in [0.3, 0.4) is 0 Å². The molecule has 2 aromatic rings. The standard InChI is InChI=1S/C17H22N2O/c1-12-4-6-15(17(20-3)13(12)2)16(18)7-5-14-8-10-19-11-9-14/h4,6,8-11,16H,5,7,18H2,1-3H3. The van der Waals surface area contributed by atoms with Crippen molar-refractivity contribution in [3.63, 3.8) is 0 Å². The Hall–Kier alpha value is -1.87. The minimum atomic E-state index is -0.0163. The second kappa shape index (κ2) is 6.53. The predicted octanol–water partition coefficient (Wildman–Crippen LogP) is 3.34. The average Bonchev–Trinajstić information content (AvgIpc) is 2.48. The Kier molecular flexibility index (Phi) is 4.74. The van der Waals surface area contributed by atoms with Gasteiger partial charge in [-0.1, -0.05) is 12.1 Å². The molecule has 2 rings (SSSR count). The average molecular weight is 270 g/mol. The van der Waals surface area contributed by atoms with Crippen molar-refractivity contribution < 1.29 is 4.74 Å². The van der Waals surface area contributed by atoms with Gasteiger partial charge in [0.05, 0.1) is 7.11 Å². The van der Waals surface area contributed by atoms with Crippen LogP contribution in [0, 0.1) is 13.8 Å². The number of rotatable bonds is 5. The molecule has 0 aliphatic rings. The maximum absolute atomic E-state index is 6.34. The first-order valence-corrected chi connectivity index (χ1v) is 6.92. The highest BCUT2D eigenvalue weighted by Gasteiger charge is 2.15. The van der Waals surface area contributed by atoms with Gasteiger partial charge in [-0.15, -0.1) is 0 Å². The number of aromatic nitrogens is 1. The molecule has 1 heterocycles. The molecule has 20 heavy (non-hydrogen) atoms. The Morgan fingerprint density at radius 3 is 2.50 bits per heavy atom. The van der Waals surface area contributed by atoms with E-state index in [-0.39, 0.29) is 6.04 Å². The molecular weight excluding hydrogens is 248 g/mol. The van der Waals surface area contributed by atoms with Crippen LogP contribution >= 0.6 is 0 Å². The molecular formula is C17H22N2O. The molecule has 0 saturated heterocycles. The second-order valence-electron chi connectivity index (χ2n) is 5.13. The third kappa shape index (κ3) is 3.17. The molecule has 0 aliphatic heterocycles. The first-order chi connectivity index (χ1) is 9.63. The van der Waals surface area contributed by atoms with Crippen LogP contribution in [0.25, 0.3) is 0 Å². The smallest absolute Gasteiger partial charge is 0.126 e. The van der Waals surface area contributed by atoms with E-state index >= 15 is 0 Å². The number of benzene rings is 1. The maximum atomic E-state index is 6.34. The zero-order chi connectivity index (χ0) is 14.5. The van der Waals surface area contributed by atoms with Crippen molar-refractivity contribution in [1.29, 1.82) is 0 Å². The number of nitrogens with zero attached hydrogens (tertiary/aromatic N) is 1. The Balaban J connectivity index is 2.13. The molecule has 106 valence electrons. The second-order valence-corrected chi connectivity index (χ2v) is 5.13. The minimum Gasteiger partial charge on any atom is -0.496 e. The molecule has 3 nitrogen and oxygen atoms in total. The first-order valence-electron chi connectivity index (χ1n) is 6.92. The summed E-state index contributed by atoms with van der Waals surface area (Å²) in [6.07, 6.45) is 5.47. The Morgan fingerprint density at radius 1 is 1.15 bits per heavy atom. The van der Waals surface area contributed by atoms with Crippen molar-refractivity contribution in [3.05, 3.63) is 58.9 Å². The fourth-order valence-electron chi connectivity index (χ4n) is 2.40. The third-order valence-electron chi connectivity index (χ3n) is 3.80. The van der Waals surface area contributed by atoms with E-state index in [9.17, 15) is 0 Å². The van der Waals surface area contributed by atoms with Crippen LogP contribution in [0.2, 0.25) is 0 Å². The summed E-state index contributed by atoms with van der Waals surface area (Å²) in [5.74, 6) is 0.923. The van der Waals surface area contributed by atoms with Crippen molar-refractivity contribution in [2.24, 2.45) is 5.73 Å². The molecule has 2 N–H and O–H groups in total. The van der Waals surface area contributed by atoms with Crippen LogP contribution in [0.4, 0.5) is 0 Å². The quantitative estimate of drug-likeness (QED) is 0.906. The normalized spacial score (nSPS) is 12.2. The van der Waals surface area contributed by atoms with Crippen LogP contribution in [0.15, 0.2) is 36.7 Å². The van der Waals surface area contributed by atoms with Gasteiger partial charge in [-0.3, -0.25) is 4.98 Å². The largest absolute Gasteiger partial charge is 0.496 e. The minimum absolute atomic E-state index is 0.0163. The van der Waals surface area contributed by atoms with Gasteiger partial charge in [-0.2, -0.15) is 0 Å². The maximum Gasteiger partial charge on any atom is 0.126 e. The number of methoxy groups -OCH3 is 1. The van der Waals surface area contributed by atoms with E-state index in [4.69, 9.17) is 10.5 Å². The molecule has 0 spiro atoms. The Morgan fingerprint density at radius 2 is 1.85 bits per heavy atom. The van der Waals surface area contributed by atoms with Gasteiger partial charge in [0.15, 0.2) is 0 Å². The Labute approximate surface area is 120 Å². The molecule has 0 fully saturated rings. The van der Waals surface area contributed by atoms with Crippen molar-refractivity contribution in [3.8, 4) is 5.75 Å². The molecule has 0 radical (unpaired) electrons. The highest BCUT2D eigenvalue weighted by molar-refractivity contribution is 5.46. The lowest BCUT2D eigenvalue weighted by Gasteiger charge is -2.18. The molecule has 1 unspecified atom stereocenters.